The van der Waals surface area contributed by atoms with Crippen LogP contribution in [-0.2, 0) is 9.59 Å². The van der Waals surface area contributed by atoms with E-state index >= 15 is 0 Å². The molecule has 1 aliphatic heterocycles. The van der Waals surface area contributed by atoms with Crippen molar-refractivity contribution in [3.8, 4) is 5.75 Å². The molecule has 1 aromatic carbocycles. The molecule has 0 unspecified atom stereocenters. The highest BCUT2D eigenvalue weighted by atomic mass is 35.5. The van der Waals surface area contributed by atoms with Gasteiger partial charge in [0.05, 0.1) is 30.2 Å². The summed E-state index contributed by atoms with van der Waals surface area (Å²) >= 11 is 12.1. The van der Waals surface area contributed by atoms with Gasteiger partial charge in [-0.3, -0.25) is 9.59 Å². The monoisotopic (exact) mass is 359 g/mol. The lowest BCUT2D eigenvalue weighted by molar-refractivity contribution is -0.131. The summed E-state index contributed by atoms with van der Waals surface area (Å²) < 4.78 is 5.06. The summed E-state index contributed by atoms with van der Waals surface area (Å²) in [6, 6.07) is 3.24. The average Bonchev–Trinajstić information content (AvgIpc) is 3.05. The van der Waals surface area contributed by atoms with Gasteiger partial charge in [-0.2, -0.15) is 0 Å². The van der Waals surface area contributed by atoms with E-state index in [1.807, 2.05) is 0 Å². The number of likely N-dealkylation sites (tertiary alicyclic amines) is 1. The number of nitrogens with zero attached hydrogens (tertiary/aromatic N) is 1. The van der Waals surface area contributed by atoms with Crippen molar-refractivity contribution in [1.82, 2.24) is 10.2 Å². The Morgan fingerprint density at radius 3 is 2.35 bits per heavy atom. The highest BCUT2D eigenvalue weighted by Gasteiger charge is 2.18. The molecular formula is C15H19Cl2N3O3. The van der Waals surface area contributed by atoms with E-state index in [2.05, 4.69) is 10.6 Å². The van der Waals surface area contributed by atoms with Crippen LogP contribution < -0.4 is 15.4 Å². The predicted octanol–water partition coefficient (Wildman–Crippen LogP) is 2.15. The highest BCUT2D eigenvalue weighted by molar-refractivity contribution is 6.37. The fourth-order valence-corrected chi connectivity index (χ4v) is 3.00. The third kappa shape index (κ3) is 4.91. The van der Waals surface area contributed by atoms with Crippen LogP contribution in [0.3, 0.4) is 0 Å². The van der Waals surface area contributed by atoms with Gasteiger partial charge in [0.2, 0.25) is 11.8 Å². The molecule has 1 heterocycles. The number of rotatable bonds is 6. The van der Waals surface area contributed by atoms with E-state index < -0.39 is 0 Å². The summed E-state index contributed by atoms with van der Waals surface area (Å²) in [4.78, 5) is 25.4. The standard InChI is InChI=1S/C15H19Cl2N3O3/c1-23-15-11(16)6-10(7-12(15)17)18-8-13(21)19-9-14(22)20-4-2-3-5-20/h6-7,18H,2-5,8-9H2,1H3,(H,19,21). The first kappa shape index (κ1) is 17.7. The normalized spacial score (nSPS) is 13.8. The average molecular weight is 360 g/mol. The predicted molar refractivity (Wildman–Crippen MR) is 90.3 cm³/mol. The number of nitrogens with one attached hydrogen (secondary N) is 2. The van der Waals surface area contributed by atoms with Crippen molar-refractivity contribution in [3.63, 3.8) is 0 Å². The van der Waals surface area contributed by atoms with Crippen molar-refractivity contribution >= 4 is 40.7 Å². The number of benzene rings is 1. The van der Waals surface area contributed by atoms with Crippen molar-refractivity contribution in [2.45, 2.75) is 12.8 Å². The molecule has 1 fully saturated rings. The molecule has 0 radical (unpaired) electrons. The van der Waals surface area contributed by atoms with Crippen LogP contribution in [0.5, 0.6) is 5.75 Å². The van der Waals surface area contributed by atoms with Crippen LogP contribution in [-0.4, -0.2) is 50.0 Å². The molecular weight excluding hydrogens is 341 g/mol. The Labute approximate surface area is 145 Å². The van der Waals surface area contributed by atoms with Gasteiger partial charge in [-0.25, -0.2) is 0 Å². The maximum atomic E-state index is 11.8. The third-order valence-corrected chi connectivity index (χ3v) is 4.11. The maximum Gasteiger partial charge on any atom is 0.241 e. The molecule has 1 saturated heterocycles. The second-order valence-corrected chi connectivity index (χ2v) is 6.01. The Morgan fingerprint density at radius 2 is 1.78 bits per heavy atom. The lowest BCUT2D eigenvalue weighted by Crippen LogP contribution is -2.40. The molecule has 2 N–H and O–H groups in total. The number of amides is 2. The highest BCUT2D eigenvalue weighted by Crippen LogP contribution is 2.35. The van der Waals surface area contributed by atoms with Crippen molar-refractivity contribution in [3.05, 3.63) is 22.2 Å². The number of ether oxygens (including phenoxy) is 1. The fraction of sp³-hybridized carbons (Fsp3) is 0.467. The van der Waals surface area contributed by atoms with E-state index in [9.17, 15) is 9.59 Å². The number of carbonyl (C=O) groups excluding carboxylic acids is 2. The number of hydrogen-bond acceptors (Lipinski definition) is 4. The zero-order valence-electron chi connectivity index (χ0n) is 12.8. The lowest BCUT2D eigenvalue weighted by atomic mass is 10.3. The zero-order valence-corrected chi connectivity index (χ0v) is 14.3. The van der Waals surface area contributed by atoms with Crippen molar-refractivity contribution in [1.29, 1.82) is 0 Å². The van der Waals surface area contributed by atoms with Gasteiger partial charge >= 0.3 is 0 Å². The van der Waals surface area contributed by atoms with E-state index in [-0.39, 0.29) is 24.9 Å². The Morgan fingerprint density at radius 1 is 1.17 bits per heavy atom. The quantitative estimate of drug-likeness (QED) is 0.816. The van der Waals surface area contributed by atoms with Crippen LogP contribution in [0.25, 0.3) is 0 Å². The summed E-state index contributed by atoms with van der Waals surface area (Å²) in [6.07, 6.45) is 2.06. The first-order valence-corrected chi connectivity index (χ1v) is 8.08. The topological polar surface area (TPSA) is 70.7 Å². The summed E-state index contributed by atoms with van der Waals surface area (Å²) in [7, 11) is 1.48. The van der Waals surface area contributed by atoms with Gasteiger partial charge in [0.1, 0.15) is 0 Å². The molecule has 8 heteroatoms. The van der Waals surface area contributed by atoms with Crippen molar-refractivity contribution in [2.24, 2.45) is 0 Å². The molecule has 0 spiro atoms. The minimum Gasteiger partial charge on any atom is -0.494 e. The molecule has 0 aliphatic carbocycles. The fourth-order valence-electron chi connectivity index (χ4n) is 2.35. The second kappa shape index (κ2) is 8.26. The maximum absolute atomic E-state index is 11.8. The van der Waals surface area contributed by atoms with Crippen LogP contribution in [0.4, 0.5) is 5.69 Å². The molecule has 0 bridgehead atoms. The van der Waals surface area contributed by atoms with Crippen molar-refractivity contribution < 1.29 is 14.3 Å². The molecule has 126 valence electrons. The van der Waals surface area contributed by atoms with Crippen LogP contribution in [0.2, 0.25) is 10.0 Å². The Kier molecular flexibility index (Phi) is 6.36. The van der Waals surface area contributed by atoms with E-state index in [1.165, 1.54) is 7.11 Å². The van der Waals surface area contributed by atoms with Gasteiger partial charge < -0.3 is 20.3 Å². The molecule has 0 aromatic heterocycles. The van der Waals surface area contributed by atoms with Gasteiger partial charge in [-0.05, 0) is 25.0 Å². The lowest BCUT2D eigenvalue weighted by Gasteiger charge is -2.15. The van der Waals surface area contributed by atoms with Gasteiger partial charge in [0, 0.05) is 18.8 Å². The molecule has 1 aromatic rings. The first-order chi connectivity index (χ1) is 11.0. The minimum absolute atomic E-state index is 0.0185. The van der Waals surface area contributed by atoms with Crippen LogP contribution in [0.1, 0.15) is 12.8 Å². The molecule has 0 saturated carbocycles. The Hall–Kier alpha value is -1.66. The Bertz CT molecular complexity index is 566. The van der Waals surface area contributed by atoms with Gasteiger partial charge in [-0.15, -0.1) is 0 Å². The van der Waals surface area contributed by atoms with Crippen molar-refractivity contribution in [2.75, 3.05) is 38.6 Å². The van der Waals surface area contributed by atoms with Crippen LogP contribution in [0.15, 0.2) is 12.1 Å². The number of hydrogen-bond donors (Lipinski definition) is 2. The van der Waals surface area contributed by atoms with E-state index in [0.29, 0.717) is 21.5 Å². The second-order valence-electron chi connectivity index (χ2n) is 5.19. The molecule has 2 amide bonds. The summed E-state index contributed by atoms with van der Waals surface area (Å²) in [5.41, 5.74) is 0.599. The molecule has 2 rings (SSSR count). The van der Waals surface area contributed by atoms with E-state index in [1.54, 1.807) is 17.0 Å². The van der Waals surface area contributed by atoms with E-state index in [4.69, 9.17) is 27.9 Å². The summed E-state index contributed by atoms with van der Waals surface area (Å²) in [5.74, 6) is 0.0616. The minimum atomic E-state index is -0.277. The third-order valence-electron chi connectivity index (χ3n) is 3.55. The van der Waals surface area contributed by atoms with Crippen LogP contribution >= 0.6 is 23.2 Å². The smallest absolute Gasteiger partial charge is 0.241 e. The number of halogens is 2. The number of anilines is 1. The molecule has 23 heavy (non-hydrogen) atoms. The largest absolute Gasteiger partial charge is 0.494 e. The van der Waals surface area contributed by atoms with Crippen LogP contribution in [0, 0.1) is 0 Å². The van der Waals surface area contributed by atoms with E-state index in [0.717, 1.165) is 25.9 Å². The molecule has 6 nitrogen and oxygen atoms in total. The molecule has 1 aliphatic rings. The number of methoxy groups -OCH3 is 1. The first-order valence-electron chi connectivity index (χ1n) is 7.32. The van der Waals surface area contributed by atoms with Gasteiger partial charge in [0.25, 0.3) is 0 Å². The summed E-state index contributed by atoms with van der Waals surface area (Å²) in [5, 5.41) is 6.21. The SMILES string of the molecule is COc1c(Cl)cc(NCC(=O)NCC(=O)N2CCCC2)cc1Cl. The number of carbonyl (C=O) groups is 2. The van der Waals surface area contributed by atoms with Gasteiger partial charge in [-0.1, -0.05) is 23.2 Å². The molecule has 0 atom stereocenters. The zero-order chi connectivity index (χ0) is 16.8. The van der Waals surface area contributed by atoms with Gasteiger partial charge in [0.15, 0.2) is 5.75 Å². The summed E-state index contributed by atoms with van der Waals surface area (Å²) in [6.45, 7) is 1.59. The Balaban J connectivity index is 1.79.